The summed E-state index contributed by atoms with van der Waals surface area (Å²) >= 11 is 0. The van der Waals surface area contributed by atoms with Crippen molar-refractivity contribution in [3.8, 4) is 0 Å². The van der Waals surface area contributed by atoms with E-state index in [0.717, 1.165) is 37.1 Å². The van der Waals surface area contributed by atoms with Gasteiger partial charge in [0.2, 0.25) is 0 Å². The molecule has 1 aromatic carbocycles. The lowest BCUT2D eigenvalue weighted by Crippen LogP contribution is -2.46. The van der Waals surface area contributed by atoms with Crippen LogP contribution in [0.25, 0.3) is 0 Å². The minimum atomic E-state index is -0.720. The van der Waals surface area contributed by atoms with E-state index >= 15 is 0 Å². The van der Waals surface area contributed by atoms with Crippen molar-refractivity contribution in [2.45, 2.75) is 44.4 Å². The Labute approximate surface area is 119 Å². The third-order valence-corrected chi connectivity index (χ3v) is 4.49. The van der Waals surface area contributed by atoms with Gasteiger partial charge in [0.15, 0.2) is 0 Å². The highest BCUT2D eigenvalue weighted by molar-refractivity contribution is 5.77. The first-order valence-electron chi connectivity index (χ1n) is 7.31. The first-order chi connectivity index (χ1) is 9.65. The van der Waals surface area contributed by atoms with Crippen molar-refractivity contribution in [3.63, 3.8) is 0 Å². The van der Waals surface area contributed by atoms with E-state index in [1.807, 2.05) is 18.2 Å². The summed E-state index contributed by atoms with van der Waals surface area (Å²) in [6.07, 6.45) is 2.27. The van der Waals surface area contributed by atoms with Crippen LogP contribution in [0.15, 0.2) is 24.3 Å². The lowest BCUT2D eigenvalue weighted by atomic mass is 9.88. The number of hydrogen-bond donors (Lipinski definition) is 1. The molecule has 3 rings (SSSR count). The van der Waals surface area contributed by atoms with Gasteiger partial charge in [-0.05, 0) is 30.9 Å². The molecular weight excluding hydrogens is 254 g/mol. The van der Waals surface area contributed by atoms with Crippen molar-refractivity contribution in [1.82, 2.24) is 4.90 Å². The number of carboxylic acid groups (broad SMARTS) is 1. The summed E-state index contributed by atoms with van der Waals surface area (Å²) in [5.41, 5.74) is 2.14. The van der Waals surface area contributed by atoms with Gasteiger partial charge in [0.05, 0.1) is 12.0 Å². The summed E-state index contributed by atoms with van der Waals surface area (Å²) < 4.78 is 5.60. The van der Waals surface area contributed by atoms with Gasteiger partial charge in [0.1, 0.15) is 0 Å². The van der Waals surface area contributed by atoms with Gasteiger partial charge in [-0.2, -0.15) is 0 Å². The largest absolute Gasteiger partial charge is 0.481 e. The van der Waals surface area contributed by atoms with Crippen molar-refractivity contribution in [2.75, 3.05) is 13.2 Å². The van der Waals surface area contributed by atoms with Crippen LogP contribution in [-0.4, -0.2) is 41.3 Å². The van der Waals surface area contributed by atoms with Crippen molar-refractivity contribution in [2.24, 2.45) is 0 Å². The van der Waals surface area contributed by atoms with Gasteiger partial charge in [-0.25, -0.2) is 0 Å². The minimum Gasteiger partial charge on any atom is -0.481 e. The molecule has 1 N–H and O–H groups in total. The number of rotatable bonds is 2. The van der Waals surface area contributed by atoms with E-state index in [1.54, 1.807) is 0 Å². The Hall–Kier alpha value is -1.39. The molecule has 0 radical (unpaired) electrons. The third kappa shape index (κ3) is 2.58. The number of carbonyl (C=O) groups is 1. The molecule has 2 aliphatic rings. The SMILES string of the molecule is CC1CC(N2Cc3ccccc3C(C(=O)O)C2)CCO1. The fourth-order valence-electron chi connectivity index (χ4n) is 3.43. The van der Waals surface area contributed by atoms with Gasteiger partial charge in [-0.3, -0.25) is 9.69 Å². The zero-order valence-electron chi connectivity index (χ0n) is 11.8. The minimum absolute atomic E-state index is 0.272. The van der Waals surface area contributed by atoms with Crippen LogP contribution in [0.3, 0.4) is 0 Å². The molecule has 2 heterocycles. The second kappa shape index (κ2) is 5.54. The fraction of sp³-hybridized carbons (Fsp3) is 0.562. The Kier molecular flexibility index (Phi) is 3.76. The van der Waals surface area contributed by atoms with Crippen molar-refractivity contribution >= 4 is 5.97 Å². The molecule has 1 fully saturated rings. The predicted octanol–water partition coefficient (Wildman–Crippen LogP) is 2.24. The highest BCUT2D eigenvalue weighted by Crippen LogP contribution is 2.32. The van der Waals surface area contributed by atoms with Crippen LogP contribution in [0.1, 0.15) is 36.8 Å². The maximum Gasteiger partial charge on any atom is 0.312 e. The van der Waals surface area contributed by atoms with Crippen molar-refractivity contribution in [1.29, 1.82) is 0 Å². The van der Waals surface area contributed by atoms with E-state index in [1.165, 1.54) is 0 Å². The quantitative estimate of drug-likeness (QED) is 0.899. The maximum absolute atomic E-state index is 11.6. The zero-order chi connectivity index (χ0) is 14.1. The molecule has 1 aromatic rings. The molecule has 0 aliphatic carbocycles. The summed E-state index contributed by atoms with van der Waals surface area (Å²) in [6, 6.07) is 8.38. The van der Waals surface area contributed by atoms with Crippen LogP contribution in [-0.2, 0) is 16.1 Å². The molecule has 3 unspecified atom stereocenters. The molecule has 3 atom stereocenters. The van der Waals surface area contributed by atoms with E-state index in [9.17, 15) is 9.90 Å². The van der Waals surface area contributed by atoms with Gasteiger partial charge < -0.3 is 9.84 Å². The summed E-state index contributed by atoms with van der Waals surface area (Å²) in [5.74, 6) is -1.12. The molecule has 4 heteroatoms. The molecule has 108 valence electrons. The normalized spacial score (nSPS) is 30.8. The Morgan fingerprint density at radius 1 is 1.40 bits per heavy atom. The Balaban J connectivity index is 1.84. The smallest absolute Gasteiger partial charge is 0.312 e. The number of nitrogens with zero attached hydrogens (tertiary/aromatic N) is 1. The number of hydrogen-bond acceptors (Lipinski definition) is 3. The molecule has 4 nitrogen and oxygen atoms in total. The number of ether oxygens (including phenoxy) is 1. The topological polar surface area (TPSA) is 49.8 Å². The Bertz CT molecular complexity index is 502. The van der Waals surface area contributed by atoms with Gasteiger partial charge >= 0.3 is 5.97 Å². The average molecular weight is 275 g/mol. The van der Waals surface area contributed by atoms with Crippen LogP contribution in [0.4, 0.5) is 0 Å². The summed E-state index contributed by atoms with van der Waals surface area (Å²) in [7, 11) is 0. The molecule has 0 saturated carbocycles. The zero-order valence-corrected chi connectivity index (χ0v) is 11.8. The van der Waals surface area contributed by atoms with Crippen molar-refractivity contribution in [3.05, 3.63) is 35.4 Å². The molecular formula is C16H21NO3. The summed E-state index contributed by atoms with van der Waals surface area (Å²) in [4.78, 5) is 13.9. The van der Waals surface area contributed by atoms with Gasteiger partial charge in [-0.1, -0.05) is 24.3 Å². The average Bonchev–Trinajstić information content (AvgIpc) is 2.46. The molecule has 0 aromatic heterocycles. The summed E-state index contributed by atoms with van der Waals surface area (Å²) in [5, 5.41) is 9.50. The van der Waals surface area contributed by atoms with E-state index < -0.39 is 11.9 Å². The molecule has 0 bridgehead atoms. The summed E-state index contributed by atoms with van der Waals surface area (Å²) in [6.45, 7) is 4.35. The number of aliphatic carboxylic acids is 1. The first-order valence-corrected chi connectivity index (χ1v) is 7.31. The Morgan fingerprint density at radius 2 is 2.20 bits per heavy atom. The molecule has 20 heavy (non-hydrogen) atoms. The molecule has 2 aliphatic heterocycles. The molecule has 0 amide bonds. The number of benzene rings is 1. The highest BCUT2D eigenvalue weighted by Gasteiger charge is 2.34. The highest BCUT2D eigenvalue weighted by atomic mass is 16.5. The second-order valence-corrected chi connectivity index (χ2v) is 5.88. The van der Waals surface area contributed by atoms with E-state index in [0.29, 0.717) is 12.6 Å². The standard InChI is InChI=1S/C16H21NO3/c1-11-8-13(6-7-20-11)17-9-12-4-2-3-5-14(12)15(10-17)16(18)19/h2-5,11,13,15H,6-10H2,1H3,(H,18,19). The number of fused-ring (bicyclic) bond motifs is 1. The van der Waals surface area contributed by atoms with Gasteiger partial charge in [0.25, 0.3) is 0 Å². The van der Waals surface area contributed by atoms with E-state index in [-0.39, 0.29) is 6.10 Å². The molecule has 0 spiro atoms. The predicted molar refractivity (Wildman–Crippen MR) is 75.7 cm³/mol. The van der Waals surface area contributed by atoms with E-state index in [2.05, 4.69) is 17.9 Å². The van der Waals surface area contributed by atoms with Crippen LogP contribution < -0.4 is 0 Å². The van der Waals surface area contributed by atoms with Crippen LogP contribution in [0.2, 0.25) is 0 Å². The van der Waals surface area contributed by atoms with Crippen LogP contribution in [0, 0.1) is 0 Å². The van der Waals surface area contributed by atoms with Crippen molar-refractivity contribution < 1.29 is 14.6 Å². The third-order valence-electron chi connectivity index (χ3n) is 4.49. The van der Waals surface area contributed by atoms with Gasteiger partial charge in [-0.15, -0.1) is 0 Å². The lowest BCUT2D eigenvalue weighted by molar-refractivity contribution is -0.140. The van der Waals surface area contributed by atoms with Crippen LogP contribution in [0.5, 0.6) is 0 Å². The number of carboxylic acids is 1. The molecule has 1 saturated heterocycles. The van der Waals surface area contributed by atoms with Gasteiger partial charge in [0, 0.05) is 25.7 Å². The van der Waals surface area contributed by atoms with Crippen LogP contribution >= 0.6 is 0 Å². The van der Waals surface area contributed by atoms with E-state index in [4.69, 9.17) is 4.74 Å². The second-order valence-electron chi connectivity index (χ2n) is 5.88. The lowest BCUT2D eigenvalue weighted by Gasteiger charge is -2.41. The maximum atomic E-state index is 11.6. The first kappa shape index (κ1) is 13.6. The Morgan fingerprint density at radius 3 is 2.95 bits per heavy atom. The monoisotopic (exact) mass is 275 g/mol. The fourth-order valence-corrected chi connectivity index (χ4v) is 3.43.